The second kappa shape index (κ2) is 6.01. The summed E-state index contributed by atoms with van der Waals surface area (Å²) in [6.07, 6.45) is 2.70. The number of fused-ring (bicyclic) bond motifs is 5. The van der Waals surface area contributed by atoms with E-state index in [-0.39, 0.29) is 12.0 Å². The van der Waals surface area contributed by atoms with Crippen molar-refractivity contribution in [1.82, 2.24) is 20.1 Å². The van der Waals surface area contributed by atoms with Gasteiger partial charge in [0, 0.05) is 21.4 Å². The molecule has 0 saturated carbocycles. The molecule has 2 atom stereocenters. The summed E-state index contributed by atoms with van der Waals surface area (Å²) in [6, 6.07) is 7.93. The van der Waals surface area contributed by atoms with Crippen LogP contribution in [-0.2, 0) is 24.2 Å². The van der Waals surface area contributed by atoms with Crippen LogP contribution in [0.2, 0.25) is 5.02 Å². The molecule has 0 fully saturated rings. The molecule has 1 N–H and O–H groups in total. The van der Waals surface area contributed by atoms with Crippen LogP contribution in [0.1, 0.15) is 39.3 Å². The molecule has 1 aromatic carbocycles. The average molecular weight is 385 g/mol. The van der Waals surface area contributed by atoms with Gasteiger partial charge in [0.05, 0.1) is 12.6 Å². The summed E-state index contributed by atoms with van der Waals surface area (Å²) in [5, 5.41) is 14.1. The first-order chi connectivity index (χ1) is 12.7. The van der Waals surface area contributed by atoms with E-state index in [1.165, 1.54) is 16.0 Å². The second-order valence-corrected chi connectivity index (χ2v) is 8.35. The number of aldehydes is 1. The summed E-state index contributed by atoms with van der Waals surface area (Å²) in [4.78, 5) is 12.7. The van der Waals surface area contributed by atoms with Crippen molar-refractivity contribution in [2.24, 2.45) is 5.92 Å². The third-order valence-corrected chi connectivity index (χ3v) is 6.88. The number of carbonyl (C=O) groups is 1. The van der Waals surface area contributed by atoms with Gasteiger partial charge < -0.3 is 4.79 Å². The van der Waals surface area contributed by atoms with E-state index in [1.807, 2.05) is 25.1 Å². The van der Waals surface area contributed by atoms with Crippen LogP contribution in [0.15, 0.2) is 24.3 Å². The molecule has 0 saturated heterocycles. The Morgan fingerprint density at radius 1 is 1.31 bits per heavy atom. The molecule has 0 spiro atoms. The Balaban J connectivity index is 1.76. The smallest absolute Gasteiger partial charge is 0.152 e. The predicted octanol–water partition coefficient (Wildman–Crippen LogP) is 3.40. The minimum absolute atomic E-state index is 0.0230. The highest BCUT2D eigenvalue weighted by Crippen LogP contribution is 2.46. The summed E-state index contributed by atoms with van der Waals surface area (Å²) in [6.45, 7) is 2.60. The Morgan fingerprint density at radius 3 is 2.96 bits per heavy atom. The number of nitrogens with zero attached hydrogens (tertiary/aromatic N) is 3. The number of aromatic nitrogens is 3. The Hall–Kier alpha value is -2.02. The minimum atomic E-state index is -0.0230. The quantitative estimate of drug-likeness (QED) is 0.688. The second-order valence-electron chi connectivity index (χ2n) is 6.86. The molecule has 7 heteroatoms. The van der Waals surface area contributed by atoms with Gasteiger partial charge in [-0.1, -0.05) is 29.8 Å². The standard InChI is InChI=1S/C19H17ClN4OS/c1-10-22-23-16-8-21-18(12-4-2-3-5-14(12)20)17-13-6-11(9-25)7-15(13)26-19(17)24(10)16/h2-5,9,11,18,21H,6-8H2,1H3/t11-,18-/m0/s1. The maximum atomic E-state index is 11.4. The van der Waals surface area contributed by atoms with Crippen LogP contribution >= 0.6 is 22.9 Å². The van der Waals surface area contributed by atoms with Gasteiger partial charge in [-0.3, -0.25) is 9.88 Å². The lowest BCUT2D eigenvalue weighted by molar-refractivity contribution is -0.110. The number of benzene rings is 1. The first-order valence-corrected chi connectivity index (χ1v) is 9.85. The maximum Gasteiger partial charge on any atom is 0.152 e. The lowest BCUT2D eigenvalue weighted by Crippen LogP contribution is -2.22. The van der Waals surface area contributed by atoms with E-state index >= 15 is 0 Å². The Labute approximate surface area is 160 Å². The molecule has 26 heavy (non-hydrogen) atoms. The van der Waals surface area contributed by atoms with Gasteiger partial charge >= 0.3 is 0 Å². The molecule has 132 valence electrons. The Bertz CT molecular complexity index is 1020. The van der Waals surface area contributed by atoms with Crippen LogP contribution in [0.3, 0.4) is 0 Å². The summed E-state index contributed by atoms with van der Waals surface area (Å²) in [5.74, 6) is 1.87. The molecular formula is C19H17ClN4OS. The topological polar surface area (TPSA) is 59.8 Å². The maximum absolute atomic E-state index is 11.4. The molecule has 2 aliphatic rings. The SMILES string of the molecule is Cc1nnc2n1-c1sc3c(c1[C@H](c1ccccc1Cl)NC2)C[C@H](C=O)C3. The van der Waals surface area contributed by atoms with Crippen molar-refractivity contribution in [1.29, 1.82) is 0 Å². The number of hydrogen-bond donors (Lipinski definition) is 1. The normalized spacial score (nSPS) is 21.0. The van der Waals surface area contributed by atoms with Gasteiger partial charge in [-0.05, 0) is 37.0 Å². The van der Waals surface area contributed by atoms with E-state index in [0.717, 1.165) is 46.4 Å². The zero-order chi connectivity index (χ0) is 17.8. The van der Waals surface area contributed by atoms with Gasteiger partial charge in [0.15, 0.2) is 5.82 Å². The molecule has 0 radical (unpaired) electrons. The summed E-state index contributed by atoms with van der Waals surface area (Å²) in [5.41, 5.74) is 3.58. The highest BCUT2D eigenvalue weighted by atomic mass is 35.5. The van der Waals surface area contributed by atoms with Crippen molar-refractivity contribution >= 4 is 29.2 Å². The van der Waals surface area contributed by atoms with Crippen LogP contribution in [0.25, 0.3) is 5.00 Å². The van der Waals surface area contributed by atoms with Gasteiger partial charge in [0.1, 0.15) is 17.1 Å². The fourth-order valence-corrected chi connectivity index (χ4v) is 5.86. The molecule has 0 bridgehead atoms. The molecule has 5 nitrogen and oxygen atoms in total. The van der Waals surface area contributed by atoms with E-state index in [1.54, 1.807) is 11.3 Å². The van der Waals surface area contributed by atoms with Crippen LogP contribution in [0, 0.1) is 12.8 Å². The van der Waals surface area contributed by atoms with Crippen LogP contribution in [0.4, 0.5) is 0 Å². The Kier molecular flexibility index (Phi) is 3.74. The summed E-state index contributed by atoms with van der Waals surface area (Å²) < 4.78 is 2.15. The highest BCUT2D eigenvalue weighted by Gasteiger charge is 2.36. The van der Waals surface area contributed by atoms with Crippen LogP contribution in [0.5, 0.6) is 0 Å². The number of hydrogen-bond acceptors (Lipinski definition) is 5. The predicted molar refractivity (Wildman–Crippen MR) is 101 cm³/mol. The largest absolute Gasteiger partial charge is 0.303 e. The van der Waals surface area contributed by atoms with Crippen molar-refractivity contribution in [3.05, 3.63) is 62.5 Å². The number of aryl methyl sites for hydroxylation is 1. The van der Waals surface area contributed by atoms with Gasteiger partial charge in [0.2, 0.25) is 0 Å². The molecule has 1 aliphatic heterocycles. The van der Waals surface area contributed by atoms with Crippen molar-refractivity contribution in [2.45, 2.75) is 32.4 Å². The first kappa shape index (κ1) is 16.2. The van der Waals surface area contributed by atoms with E-state index < -0.39 is 0 Å². The van der Waals surface area contributed by atoms with E-state index in [9.17, 15) is 4.79 Å². The lowest BCUT2D eigenvalue weighted by atomic mass is 9.95. The summed E-state index contributed by atoms with van der Waals surface area (Å²) in [7, 11) is 0. The molecule has 1 aliphatic carbocycles. The highest BCUT2D eigenvalue weighted by molar-refractivity contribution is 7.15. The molecule has 3 aromatic rings. The fourth-order valence-electron chi connectivity index (χ4n) is 4.09. The van der Waals surface area contributed by atoms with E-state index in [2.05, 4.69) is 26.1 Å². The number of halogens is 1. The van der Waals surface area contributed by atoms with Crippen molar-refractivity contribution in [3.8, 4) is 5.00 Å². The number of nitrogens with one attached hydrogen (secondary N) is 1. The monoisotopic (exact) mass is 384 g/mol. The first-order valence-electron chi connectivity index (χ1n) is 8.66. The zero-order valence-corrected chi connectivity index (χ0v) is 15.8. The van der Waals surface area contributed by atoms with Crippen molar-refractivity contribution in [2.75, 3.05) is 0 Å². The Morgan fingerprint density at radius 2 is 2.15 bits per heavy atom. The van der Waals surface area contributed by atoms with Gasteiger partial charge in [-0.15, -0.1) is 21.5 Å². The van der Waals surface area contributed by atoms with Gasteiger partial charge in [-0.25, -0.2) is 0 Å². The molecule has 0 unspecified atom stereocenters. The van der Waals surface area contributed by atoms with Crippen molar-refractivity contribution in [3.63, 3.8) is 0 Å². The van der Waals surface area contributed by atoms with Crippen LogP contribution in [-0.4, -0.2) is 21.1 Å². The number of thiophene rings is 1. The molecule has 5 rings (SSSR count). The lowest BCUT2D eigenvalue weighted by Gasteiger charge is -2.20. The molecular weight excluding hydrogens is 368 g/mol. The third-order valence-electron chi connectivity index (χ3n) is 5.28. The summed E-state index contributed by atoms with van der Waals surface area (Å²) >= 11 is 8.30. The van der Waals surface area contributed by atoms with Gasteiger partial charge in [0.25, 0.3) is 0 Å². The minimum Gasteiger partial charge on any atom is -0.303 e. The van der Waals surface area contributed by atoms with E-state index in [0.29, 0.717) is 6.54 Å². The van der Waals surface area contributed by atoms with Crippen molar-refractivity contribution < 1.29 is 4.79 Å². The molecule has 0 amide bonds. The number of carbonyl (C=O) groups excluding carboxylic acids is 1. The molecule has 3 heterocycles. The third kappa shape index (κ3) is 2.29. The zero-order valence-electron chi connectivity index (χ0n) is 14.2. The molecule has 2 aromatic heterocycles. The van der Waals surface area contributed by atoms with Crippen LogP contribution < -0.4 is 5.32 Å². The number of rotatable bonds is 2. The average Bonchev–Trinajstić information content (AvgIpc) is 3.26. The fraction of sp³-hybridized carbons (Fsp3) is 0.316. The van der Waals surface area contributed by atoms with Gasteiger partial charge in [-0.2, -0.15) is 0 Å². The van der Waals surface area contributed by atoms with E-state index in [4.69, 9.17) is 11.6 Å².